The SMILES string of the molecule is Cc1cc(CNS(=O)(=O)c2cccc(CN)c2C)no1. The van der Waals surface area contributed by atoms with Gasteiger partial charge in [-0.05, 0) is 31.0 Å². The molecule has 0 saturated carbocycles. The molecule has 2 aromatic rings. The van der Waals surface area contributed by atoms with Crippen LogP contribution in [-0.2, 0) is 23.1 Å². The molecule has 0 amide bonds. The van der Waals surface area contributed by atoms with Crippen molar-refractivity contribution >= 4 is 10.0 Å². The molecule has 0 radical (unpaired) electrons. The summed E-state index contributed by atoms with van der Waals surface area (Å²) in [6, 6.07) is 6.75. The van der Waals surface area contributed by atoms with Gasteiger partial charge in [0, 0.05) is 12.6 Å². The smallest absolute Gasteiger partial charge is 0.241 e. The molecule has 108 valence electrons. The summed E-state index contributed by atoms with van der Waals surface area (Å²) in [4.78, 5) is 0.237. The van der Waals surface area contributed by atoms with E-state index in [0.29, 0.717) is 23.6 Å². The minimum atomic E-state index is -3.60. The maximum Gasteiger partial charge on any atom is 0.241 e. The van der Waals surface area contributed by atoms with Gasteiger partial charge in [-0.1, -0.05) is 17.3 Å². The lowest BCUT2D eigenvalue weighted by atomic mass is 10.1. The molecule has 0 aliphatic rings. The van der Waals surface area contributed by atoms with Gasteiger partial charge in [-0.25, -0.2) is 13.1 Å². The van der Waals surface area contributed by atoms with Crippen LogP contribution in [0.4, 0.5) is 0 Å². The average molecular weight is 295 g/mol. The first-order chi connectivity index (χ1) is 9.44. The van der Waals surface area contributed by atoms with Gasteiger partial charge in [0.05, 0.1) is 17.1 Å². The van der Waals surface area contributed by atoms with Crippen LogP contribution in [0.2, 0.25) is 0 Å². The summed E-state index contributed by atoms with van der Waals surface area (Å²) in [5.74, 6) is 0.639. The van der Waals surface area contributed by atoms with E-state index in [1.165, 1.54) is 0 Å². The molecule has 0 spiro atoms. The van der Waals surface area contributed by atoms with Crippen LogP contribution >= 0.6 is 0 Å². The Morgan fingerprint density at radius 3 is 2.70 bits per heavy atom. The minimum Gasteiger partial charge on any atom is -0.361 e. The van der Waals surface area contributed by atoms with Crippen molar-refractivity contribution in [2.45, 2.75) is 31.8 Å². The van der Waals surface area contributed by atoms with E-state index >= 15 is 0 Å². The highest BCUT2D eigenvalue weighted by atomic mass is 32.2. The number of aromatic nitrogens is 1. The second-order valence-electron chi connectivity index (χ2n) is 4.50. The van der Waals surface area contributed by atoms with Crippen LogP contribution in [0.15, 0.2) is 33.7 Å². The Morgan fingerprint density at radius 2 is 2.10 bits per heavy atom. The molecule has 1 heterocycles. The van der Waals surface area contributed by atoms with E-state index in [-0.39, 0.29) is 11.4 Å². The molecule has 7 heteroatoms. The Hall–Kier alpha value is -1.70. The van der Waals surface area contributed by atoms with Gasteiger partial charge in [-0.3, -0.25) is 0 Å². The van der Waals surface area contributed by atoms with Gasteiger partial charge in [-0.2, -0.15) is 0 Å². The predicted molar refractivity (Wildman–Crippen MR) is 74.3 cm³/mol. The standard InChI is InChI=1S/C13H17N3O3S/c1-9-6-12(16-19-9)8-15-20(17,18)13-5-3-4-11(7-14)10(13)2/h3-6,15H,7-8,14H2,1-2H3. The molecule has 6 nitrogen and oxygen atoms in total. The highest BCUT2D eigenvalue weighted by Crippen LogP contribution is 2.18. The number of benzene rings is 1. The highest BCUT2D eigenvalue weighted by molar-refractivity contribution is 7.89. The molecular weight excluding hydrogens is 278 g/mol. The maximum absolute atomic E-state index is 12.3. The number of hydrogen-bond donors (Lipinski definition) is 2. The summed E-state index contributed by atoms with van der Waals surface area (Å²) in [6.45, 7) is 3.89. The van der Waals surface area contributed by atoms with E-state index in [1.807, 2.05) is 6.07 Å². The first-order valence-corrected chi connectivity index (χ1v) is 7.63. The molecule has 20 heavy (non-hydrogen) atoms. The zero-order valence-corrected chi connectivity index (χ0v) is 12.2. The first kappa shape index (κ1) is 14.7. The molecule has 0 atom stereocenters. The summed E-state index contributed by atoms with van der Waals surface area (Å²) in [7, 11) is -3.60. The van der Waals surface area contributed by atoms with Gasteiger partial charge in [0.25, 0.3) is 0 Å². The Bertz CT molecular complexity index is 707. The average Bonchev–Trinajstić information content (AvgIpc) is 2.82. The number of sulfonamides is 1. The van der Waals surface area contributed by atoms with Crippen LogP contribution in [0.3, 0.4) is 0 Å². The number of nitrogens with two attached hydrogens (primary N) is 1. The largest absolute Gasteiger partial charge is 0.361 e. The van der Waals surface area contributed by atoms with E-state index in [4.69, 9.17) is 10.3 Å². The Balaban J connectivity index is 2.22. The minimum absolute atomic E-state index is 0.0893. The van der Waals surface area contributed by atoms with Crippen molar-refractivity contribution in [3.8, 4) is 0 Å². The van der Waals surface area contributed by atoms with Crippen molar-refractivity contribution in [3.05, 3.63) is 46.8 Å². The summed E-state index contributed by atoms with van der Waals surface area (Å²) < 4.78 is 32.0. The van der Waals surface area contributed by atoms with Crippen molar-refractivity contribution in [2.75, 3.05) is 0 Å². The zero-order chi connectivity index (χ0) is 14.8. The van der Waals surface area contributed by atoms with Crippen molar-refractivity contribution in [1.82, 2.24) is 9.88 Å². The quantitative estimate of drug-likeness (QED) is 0.864. The predicted octanol–water partition coefficient (Wildman–Crippen LogP) is 1.23. The third-order valence-corrected chi connectivity index (χ3v) is 4.57. The second kappa shape index (κ2) is 5.74. The van der Waals surface area contributed by atoms with Crippen LogP contribution in [0.25, 0.3) is 0 Å². The number of nitrogens with one attached hydrogen (secondary N) is 1. The van der Waals surface area contributed by atoms with Crippen molar-refractivity contribution < 1.29 is 12.9 Å². The number of rotatable bonds is 5. The van der Waals surface area contributed by atoms with E-state index in [0.717, 1.165) is 5.56 Å². The molecule has 1 aromatic heterocycles. The number of hydrogen-bond acceptors (Lipinski definition) is 5. The lowest BCUT2D eigenvalue weighted by Gasteiger charge is -2.11. The Morgan fingerprint density at radius 1 is 1.35 bits per heavy atom. The van der Waals surface area contributed by atoms with E-state index in [2.05, 4.69) is 9.88 Å². The highest BCUT2D eigenvalue weighted by Gasteiger charge is 2.18. The van der Waals surface area contributed by atoms with Crippen molar-refractivity contribution in [3.63, 3.8) is 0 Å². The van der Waals surface area contributed by atoms with Gasteiger partial charge in [-0.15, -0.1) is 0 Å². The van der Waals surface area contributed by atoms with Crippen molar-refractivity contribution in [1.29, 1.82) is 0 Å². The Labute approximate surface area is 118 Å². The summed E-state index contributed by atoms with van der Waals surface area (Å²) in [6.07, 6.45) is 0. The number of nitrogens with zero attached hydrogens (tertiary/aromatic N) is 1. The molecule has 0 aliphatic carbocycles. The van der Waals surface area contributed by atoms with Crippen LogP contribution in [-0.4, -0.2) is 13.6 Å². The maximum atomic E-state index is 12.3. The van der Waals surface area contributed by atoms with Crippen LogP contribution in [0, 0.1) is 13.8 Å². The third kappa shape index (κ3) is 3.06. The monoisotopic (exact) mass is 295 g/mol. The summed E-state index contributed by atoms with van der Waals surface area (Å²) in [5, 5.41) is 3.75. The normalized spacial score (nSPS) is 11.8. The van der Waals surface area contributed by atoms with Gasteiger partial charge in [0.15, 0.2) is 0 Å². The van der Waals surface area contributed by atoms with Crippen LogP contribution < -0.4 is 10.5 Å². The fourth-order valence-corrected chi connectivity index (χ4v) is 3.21. The summed E-state index contributed by atoms with van der Waals surface area (Å²) in [5.41, 5.74) is 7.61. The molecule has 0 bridgehead atoms. The molecular formula is C13H17N3O3S. The second-order valence-corrected chi connectivity index (χ2v) is 6.23. The van der Waals surface area contributed by atoms with E-state index < -0.39 is 10.0 Å². The van der Waals surface area contributed by atoms with Gasteiger partial charge in [0.1, 0.15) is 5.76 Å². The molecule has 0 aliphatic heterocycles. The van der Waals surface area contributed by atoms with E-state index in [1.54, 1.807) is 32.0 Å². The summed E-state index contributed by atoms with van der Waals surface area (Å²) >= 11 is 0. The fourth-order valence-electron chi connectivity index (χ4n) is 1.92. The van der Waals surface area contributed by atoms with Crippen molar-refractivity contribution in [2.24, 2.45) is 5.73 Å². The lowest BCUT2D eigenvalue weighted by molar-refractivity contribution is 0.390. The van der Waals surface area contributed by atoms with Gasteiger partial charge < -0.3 is 10.3 Å². The van der Waals surface area contributed by atoms with Gasteiger partial charge in [0.2, 0.25) is 10.0 Å². The van der Waals surface area contributed by atoms with Crippen LogP contribution in [0.5, 0.6) is 0 Å². The molecule has 2 rings (SSSR count). The lowest BCUT2D eigenvalue weighted by Crippen LogP contribution is -2.24. The van der Waals surface area contributed by atoms with Crippen LogP contribution in [0.1, 0.15) is 22.6 Å². The molecule has 0 saturated heterocycles. The third-order valence-electron chi connectivity index (χ3n) is 3.03. The first-order valence-electron chi connectivity index (χ1n) is 6.14. The number of aryl methyl sites for hydroxylation is 1. The molecule has 0 fully saturated rings. The van der Waals surface area contributed by atoms with Gasteiger partial charge >= 0.3 is 0 Å². The molecule has 1 aromatic carbocycles. The topological polar surface area (TPSA) is 98.2 Å². The fraction of sp³-hybridized carbons (Fsp3) is 0.308. The zero-order valence-electron chi connectivity index (χ0n) is 11.4. The Kier molecular flexibility index (Phi) is 4.22. The van der Waals surface area contributed by atoms with E-state index in [9.17, 15) is 8.42 Å². The molecule has 0 unspecified atom stereocenters. The molecule has 3 N–H and O–H groups in total.